The summed E-state index contributed by atoms with van der Waals surface area (Å²) in [6, 6.07) is 18.5. The number of carbonyl (C=O) groups is 1. The fourth-order valence-electron chi connectivity index (χ4n) is 2.81. The molecule has 1 unspecified atom stereocenters. The molecule has 0 saturated carbocycles. The first-order valence-electron chi connectivity index (χ1n) is 8.87. The molecule has 1 atom stereocenters. The van der Waals surface area contributed by atoms with Gasteiger partial charge in [-0.25, -0.2) is 0 Å². The lowest BCUT2D eigenvalue weighted by Crippen LogP contribution is -2.18. The van der Waals surface area contributed by atoms with Crippen molar-refractivity contribution in [2.45, 2.75) is 32.1 Å². The van der Waals surface area contributed by atoms with E-state index in [0.29, 0.717) is 26.0 Å². The molecule has 25 heavy (non-hydrogen) atoms. The Morgan fingerprint density at radius 3 is 2.28 bits per heavy atom. The summed E-state index contributed by atoms with van der Waals surface area (Å²) >= 11 is 0. The van der Waals surface area contributed by atoms with Gasteiger partial charge < -0.3 is 15.6 Å². The van der Waals surface area contributed by atoms with E-state index < -0.39 is 5.97 Å². The van der Waals surface area contributed by atoms with Crippen molar-refractivity contribution in [1.29, 1.82) is 0 Å². The summed E-state index contributed by atoms with van der Waals surface area (Å²) in [5.74, 6) is -0.226. The van der Waals surface area contributed by atoms with Crippen LogP contribution >= 0.6 is 0 Å². The third-order valence-corrected chi connectivity index (χ3v) is 4.25. The first kappa shape index (κ1) is 19.0. The van der Waals surface area contributed by atoms with Crippen molar-refractivity contribution in [2.24, 2.45) is 11.7 Å². The van der Waals surface area contributed by atoms with Gasteiger partial charge in [-0.1, -0.05) is 42.5 Å². The molecule has 0 radical (unpaired) electrons. The Kier molecular flexibility index (Phi) is 7.99. The van der Waals surface area contributed by atoms with E-state index in [1.54, 1.807) is 0 Å². The molecular formula is C21H27NO3. The number of aliphatic carboxylic acids is 1. The monoisotopic (exact) mass is 341 g/mol. The quantitative estimate of drug-likeness (QED) is 0.609. The van der Waals surface area contributed by atoms with Gasteiger partial charge in [0.15, 0.2) is 0 Å². The number of ether oxygens (including phenoxy) is 1. The molecule has 0 amide bonds. The zero-order chi connectivity index (χ0) is 17.9. The zero-order valence-corrected chi connectivity index (χ0v) is 14.6. The Labute approximate surface area is 149 Å². The lowest BCUT2D eigenvalue weighted by Gasteiger charge is -2.11. The second-order valence-electron chi connectivity index (χ2n) is 6.26. The Balaban J connectivity index is 1.68. The molecule has 0 heterocycles. The number of hydrogen-bond acceptors (Lipinski definition) is 3. The van der Waals surface area contributed by atoms with Gasteiger partial charge in [-0.15, -0.1) is 0 Å². The highest BCUT2D eigenvalue weighted by Crippen LogP contribution is 2.17. The smallest absolute Gasteiger partial charge is 0.306 e. The predicted molar refractivity (Wildman–Crippen MR) is 99.8 cm³/mol. The van der Waals surface area contributed by atoms with E-state index >= 15 is 0 Å². The maximum Gasteiger partial charge on any atom is 0.306 e. The van der Waals surface area contributed by atoms with Crippen LogP contribution in [0.5, 0.6) is 5.75 Å². The van der Waals surface area contributed by atoms with Gasteiger partial charge in [0, 0.05) is 0 Å². The molecule has 4 heteroatoms. The molecule has 0 saturated heterocycles. The van der Waals surface area contributed by atoms with Crippen LogP contribution < -0.4 is 10.5 Å². The van der Waals surface area contributed by atoms with Crippen LogP contribution in [-0.4, -0.2) is 24.2 Å². The third kappa shape index (κ3) is 6.98. The van der Waals surface area contributed by atoms with Crippen molar-refractivity contribution in [1.82, 2.24) is 0 Å². The molecule has 0 aromatic heterocycles. The van der Waals surface area contributed by atoms with Crippen LogP contribution in [0.2, 0.25) is 0 Å². The molecule has 0 aliphatic carbocycles. The summed E-state index contributed by atoms with van der Waals surface area (Å²) in [5, 5.41) is 9.08. The van der Waals surface area contributed by atoms with Crippen LogP contribution in [0, 0.1) is 5.92 Å². The minimum atomic E-state index is -0.750. The number of benzene rings is 2. The topological polar surface area (TPSA) is 72.5 Å². The molecule has 2 rings (SSSR count). The van der Waals surface area contributed by atoms with Crippen molar-refractivity contribution >= 4 is 5.97 Å². The van der Waals surface area contributed by atoms with Gasteiger partial charge in [-0.05, 0) is 61.9 Å². The van der Waals surface area contributed by atoms with Gasteiger partial charge in [0.05, 0.1) is 12.5 Å². The van der Waals surface area contributed by atoms with Crippen LogP contribution in [0.4, 0.5) is 0 Å². The fraction of sp³-hybridized carbons (Fsp3) is 0.381. The average Bonchev–Trinajstić information content (AvgIpc) is 2.62. The first-order chi connectivity index (χ1) is 12.2. The molecule has 0 aliphatic rings. The van der Waals surface area contributed by atoms with Crippen molar-refractivity contribution in [3.05, 3.63) is 65.7 Å². The molecule has 0 spiro atoms. The van der Waals surface area contributed by atoms with E-state index in [1.807, 2.05) is 18.2 Å². The Bertz CT molecular complexity index is 625. The van der Waals surface area contributed by atoms with E-state index in [-0.39, 0.29) is 5.92 Å². The highest BCUT2D eigenvalue weighted by Gasteiger charge is 2.15. The maximum atomic E-state index is 11.1. The third-order valence-electron chi connectivity index (χ3n) is 4.25. The van der Waals surface area contributed by atoms with E-state index in [1.165, 1.54) is 11.1 Å². The fourth-order valence-corrected chi connectivity index (χ4v) is 2.81. The normalized spacial score (nSPS) is 11.9. The summed E-state index contributed by atoms with van der Waals surface area (Å²) in [7, 11) is 0. The summed E-state index contributed by atoms with van der Waals surface area (Å²) in [4.78, 5) is 11.1. The van der Waals surface area contributed by atoms with Crippen molar-refractivity contribution in [3.8, 4) is 5.75 Å². The maximum absolute atomic E-state index is 11.1. The van der Waals surface area contributed by atoms with Crippen LogP contribution in [0.3, 0.4) is 0 Å². The molecule has 4 nitrogen and oxygen atoms in total. The summed E-state index contributed by atoms with van der Waals surface area (Å²) in [5.41, 5.74) is 7.99. The molecular weight excluding hydrogens is 314 g/mol. The van der Waals surface area contributed by atoms with Crippen molar-refractivity contribution in [2.75, 3.05) is 13.2 Å². The highest BCUT2D eigenvalue weighted by atomic mass is 16.5. The summed E-state index contributed by atoms with van der Waals surface area (Å²) in [6.45, 7) is 1.02. The number of rotatable bonds is 11. The molecule has 2 aromatic carbocycles. The van der Waals surface area contributed by atoms with Crippen LogP contribution in [0.1, 0.15) is 36.8 Å². The number of nitrogens with two attached hydrogens (primary N) is 1. The number of hydrogen-bond donors (Lipinski definition) is 2. The van der Waals surface area contributed by atoms with Gasteiger partial charge in [0.1, 0.15) is 5.75 Å². The molecule has 0 aliphatic heterocycles. The van der Waals surface area contributed by atoms with Crippen LogP contribution in [0.15, 0.2) is 54.6 Å². The van der Waals surface area contributed by atoms with Crippen molar-refractivity contribution < 1.29 is 14.6 Å². The first-order valence-corrected chi connectivity index (χ1v) is 8.87. The zero-order valence-electron chi connectivity index (χ0n) is 14.6. The average molecular weight is 341 g/mol. The van der Waals surface area contributed by atoms with Gasteiger partial charge in [-0.2, -0.15) is 0 Å². The Hall–Kier alpha value is -2.33. The number of carboxylic acid groups (broad SMARTS) is 1. The molecule has 134 valence electrons. The Morgan fingerprint density at radius 2 is 1.64 bits per heavy atom. The molecule has 3 N–H and O–H groups in total. The van der Waals surface area contributed by atoms with E-state index in [2.05, 4.69) is 36.4 Å². The lowest BCUT2D eigenvalue weighted by molar-refractivity contribution is -0.142. The van der Waals surface area contributed by atoms with Crippen LogP contribution in [0.25, 0.3) is 0 Å². The minimum absolute atomic E-state index is 0.331. The summed E-state index contributed by atoms with van der Waals surface area (Å²) < 4.78 is 5.74. The van der Waals surface area contributed by atoms with Gasteiger partial charge in [0.2, 0.25) is 0 Å². The number of unbranched alkanes of at least 4 members (excludes halogenated alkanes) is 1. The van der Waals surface area contributed by atoms with Gasteiger partial charge in [-0.3, -0.25) is 4.79 Å². The highest BCUT2D eigenvalue weighted by molar-refractivity contribution is 5.69. The lowest BCUT2D eigenvalue weighted by atomic mass is 9.99. The second kappa shape index (κ2) is 10.5. The summed E-state index contributed by atoms with van der Waals surface area (Å²) in [6.07, 6.45) is 3.80. The SMILES string of the molecule is NCCC(CCCCOc1ccc(Cc2ccccc2)cc1)C(=O)O. The standard InChI is InChI=1S/C21H27NO3/c22-14-13-19(21(23)24)8-4-5-15-25-20-11-9-18(10-12-20)16-17-6-2-1-3-7-17/h1-3,6-7,9-12,19H,4-5,8,13-16,22H2,(H,23,24). The van der Waals surface area contributed by atoms with E-state index in [9.17, 15) is 4.79 Å². The van der Waals surface area contributed by atoms with Gasteiger partial charge >= 0.3 is 5.97 Å². The van der Waals surface area contributed by atoms with Crippen LogP contribution in [-0.2, 0) is 11.2 Å². The predicted octanol–water partition coefficient (Wildman–Crippen LogP) is 3.88. The van der Waals surface area contributed by atoms with Crippen molar-refractivity contribution in [3.63, 3.8) is 0 Å². The second-order valence-corrected chi connectivity index (χ2v) is 6.26. The molecule has 0 fully saturated rings. The van der Waals surface area contributed by atoms with E-state index in [0.717, 1.165) is 25.0 Å². The van der Waals surface area contributed by atoms with Gasteiger partial charge in [0.25, 0.3) is 0 Å². The molecule has 0 bridgehead atoms. The van der Waals surface area contributed by atoms with E-state index in [4.69, 9.17) is 15.6 Å². The molecule has 2 aromatic rings. The number of carboxylic acids is 1. The minimum Gasteiger partial charge on any atom is -0.494 e. The Morgan fingerprint density at radius 1 is 0.960 bits per heavy atom. The largest absolute Gasteiger partial charge is 0.494 e.